The topological polar surface area (TPSA) is 22.0 Å². The molecule has 66 valence electrons. The van der Waals surface area contributed by atoms with E-state index in [1.165, 1.54) is 5.69 Å². The van der Waals surface area contributed by atoms with Crippen LogP contribution in [0.5, 0.6) is 0 Å². The van der Waals surface area contributed by atoms with E-state index < -0.39 is 0 Å². The molecule has 12 heavy (non-hydrogen) atoms. The number of aromatic nitrogens is 1. The molecule has 1 aromatic rings. The summed E-state index contributed by atoms with van der Waals surface area (Å²) in [5.41, 5.74) is 1.19. The Balaban J connectivity index is 2.89. The normalized spacial score (nSPS) is 10.2. The summed E-state index contributed by atoms with van der Waals surface area (Å²) in [6.45, 7) is 4.17. The van der Waals surface area contributed by atoms with Gasteiger partial charge in [0.2, 0.25) is 0 Å². The molecule has 0 radical (unpaired) electrons. The fraction of sp³-hybridized carbons (Fsp3) is 0.444. The molecular formula is C9H12BrNO. The van der Waals surface area contributed by atoms with Gasteiger partial charge in [0.05, 0.1) is 6.54 Å². The van der Waals surface area contributed by atoms with Gasteiger partial charge in [-0.15, -0.1) is 0 Å². The summed E-state index contributed by atoms with van der Waals surface area (Å²) < 4.78 is 3.02. The van der Waals surface area contributed by atoms with Gasteiger partial charge in [0.1, 0.15) is 5.78 Å². The first kappa shape index (κ1) is 9.52. The molecule has 0 saturated carbocycles. The molecule has 0 aliphatic rings. The molecule has 0 saturated heterocycles. The number of rotatable bonds is 3. The zero-order valence-corrected chi connectivity index (χ0v) is 8.89. The summed E-state index contributed by atoms with van der Waals surface area (Å²) in [5, 5.41) is 0. The lowest BCUT2D eigenvalue weighted by atomic mass is 10.3. The van der Waals surface area contributed by atoms with Crippen LogP contribution in [0.15, 0.2) is 16.7 Å². The van der Waals surface area contributed by atoms with E-state index in [0.29, 0.717) is 6.54 Å². The van der Waals surface area contributed by atoms with E-state index in [9.17, 15) is 4.79 Å². The Labute approximate surface area is 80.7 Å². The van der Waals surface area contributed by atoms with Gasteiger partial charge in [0.25, 0.3) is 0 Å². The minimum absolute atomic E-state index is 0.188. The Bertz CT molecular complexity index is 291. The minimum atomic E-state index is 0.188. The van der Waals surface area contributed by atoms with E-state index in [1.54, 1.807) is 6.92 Å². The predicted molar refractivity (Wildman–Crippen MR) is 52.2 cm³/mol. The van der Waals surface area contributed by atoms with Gasteiger partial charge < -0.3 is 4.57 Å². The molecule has 1 aromatic heterocycles. The maximum Gasteiger partial charge on any atom is 0.149 e. The number of nitrogens with zero attached hydrogens (tertiary/aromatic N) is 1. The Morgan fingerprint density at radius 1 is 1.67 bits per heavy atom. The molecule has 0 spiro atoms. The second kappa shape index (κ2) is 3.90. The predicted octanol–water partition coefficient (Wildman–Crippen LogP) is 2.40. The van der Waals surface area contributed by atoms with E-state index in [-0.39, 0.29) is 5.78 Å². The van der Waals surface area contributed by atoms with Crippen LogP contribution >= 0.6 is 15.9 Å². The Morgan fingerprint density at radius 3 is 2.83 bits per heavy atom. The van der Waals surface area contributed by atoms with E-state index in [4.69, 9.17) is 0 Å². The van der Waals surface area contributed by atoms with Crippen molar-refractivity contribution >= 4 is 21.7 Å². The standard InChI is InChI=1S/C9H12BrNO/c1-3-9-4-8(10)6-11(9)5-7(2)12/h4,6H,3,5H2,1-2H3. The fourth-order valence-electron chi connectivity index (χ4n) is 1.20. The van der Waals surface area contributed by atoms with Crippen molar-refractivity contribution in [2.75, 3.05) is 0 Å². The zero-order valence-electron chi connectivity index (χ0n) is 7.30. The van der Waals surface area contributed by atoms with Gasteiger partial charge in [-0.1, -0.05) is 6.92 Å². The van der Waals surface area contributed by atoms with Gasteiger partial charge in [-0.3, -0.25) is 4.79 Å². The molecule has 0 N–H and O–H groups in total. The lowest BCUT2D eigenvalue weighted by molar-refractivity contribution is -0.117. The summed E-state index contributed by atoms with van der Waals surface area (Å²) >= 11 is 3.38. The van der Waals surface area contributed by atoms with Crippen molar-refractivity contribution in [3.05, 3.63) is 22.4 Å². The van der Waals surface area contributed by atoms with E-state index >= 15 is 0 Å². The maximum absolute atomic E-state index is 10.9. The van der Waals surface area contributed by atoms with Crippen LogP contribution in [-0.2, 0) is 17.8 Å². The Morgan fingerprint density at radius 2 is 2.33 bits per heavy atom. The third-order valence-electron chi connectivity index (χ3n) is 1.71. The average Bonchev–Trinajstić information content (AvgIpc) is 2.29. The molecule has 0 aliphatic heterocycles. The summed E-state index contributed by atoms with van der Waals surface area (Å²) in [4.78, 5) is 10.9. The van der Waals surface area contributed by atoms with Crippen molar-refractivity contribution in [3.8, 4) is 0 Å². The third kappa shape index (κ3) is 2.21. The number of carbonyl (C=O) groups is 1. The summed E-state index contributed by atoms with van der Waals surface area (Å²) in [6.07, 6.45) is 2.90. The van der Waals surface area contributed by atoms with Gasteiger partial charge in [-0.2, -0.15) is 0 Å². The van der Waals surface area contributed by atoms with Gasteiger partial charge in [-0.05, 0) is 35.3 Å². The van der Waals surface area contributed by atoms with E-state index in [0.717, 1.165) is 10.9 Å². The smallest absolute Gasteiger partial charge is 0.149 e. The fourth-order valence-corrected chi connectivity index (χ4v) is 1.71. The number of carbonyl (C=O) groups excluding carboxylic acids is 1. The monoisotopic (exact) mass is 229 g/mol. The van der Waals surface area contributed by atoms with Crippen LogP contribution in [0, 0.1) is 0 Å². The molecule has 0 aromatic carbocycles. The van der Waals surface area contributed by atoms with Crippen molar-refractivity contribution in [1.29, 1.82) is 0 Å². The molecule has 3 heteroatoms. The highest BCUT2D eigenvalue weighted by Crippen LogP contribution is 2.15. The largest absolute Gasteiger partial charge is 0.343 e. The molecule has 0 aliphatic carbocycles. The molecule has 2 nitrogen and oxygen atoms in total. The number of aryl methyl sites for hydroxylation is 1. The van der Waals surface area contributed by atoms with Crippen LogP contribution in [-0.4, -0.2) is 10.4 Å². The molecule has 0 fully saturated rings. The minimum Gasteiger partial charge on any atom is -0.343 e. The van der Waals surface area contributed by atoms with Crippen LogP contribution in [0.25, 0.3) is 0 Å². The third-order valence-corrected chi connectivity index (χ3v) is 2.14. The van der Waals surface area contributed by atoms with Crippen LogP contribution in [0.2, 0.25) is 0 Å². The first-order valence-electron chi connectivity index (χ1n) is 3.97. The van der Waals surface area contributed by atoms with Gasteiger partial charge in [-0.25, -0.2) is 0 Å². The molecule has 0 bridgehead atoms. The van der Waals surface area contributed by atoms with Crippen LogP contribution in [0.4, 0.5) is 0 Å². The molecule has 0 atom stereocenters. The Kier molecular flexibility index (Phi) is 3.09. The average molecular weight is 230 g/mol. The number of hydrogen-bond acceptors (Lipinski definition) is 1. The highest BCUT2D eigenvalue weighted by Gasteiger charge is 2.03. The highest BCUT2D eigenvalue weighted by molar-refractivity contribution is 9.10. The van der Waals surface area contributed by atoms with Crippen molar-refractivity contribution < 1.29 is 4.79 Å². The maximum atomic E-state index is 10.9. The molecule has 0 amide bonds. The number of hydrogen-bond donors (Lipinski definition) is 0. The van der Waals surface area contributed by atoms with Crippen molar-refractivity contribution in [1.82, 2.24) is 4.57 Å². The second-order valence-corrected chi connectivity index (χ2v) is 3.75. The van der Waals surface area contributed by atoms with Crippen LogP contribution in [0.3, 0.4) is 0 Å². The summed E-state index contributed by atoms with van der Waals surface area (Å²) in [6, 6.07) is 2.04. The lowest BCUT2D eigenvalue weighted by Crippen LogP contribution is -2.07. The number of Topliss-reactive ketones (excluding diaryl/α,β-unsaturated/α-hetero) is 1. The quantitative estimate of drug-likeness (QED) is 0.781. The van der Waals surface area contributed by atoms with Crippen molar-refractivity contribution in [2.45, 2.75) is 26.8 Å². The van der Waals surface area contributed by atoms with E-state index in [1.807, 2.05) is 16.8 Å². The van der Waals surface area contributed by atoms with Crippen molar-refractivity contribution in [2.24, 2.45) is 0 Å². The molecule has 1 rings (SSSR count). The molecule has 1 heterocycles. The molecular weight excluding hydrogens is 218 g/mol. The second-order valence-electron chi connectivity index (χ2n) is 2.83. The van der Waals surface area contributed by atoms with Gasteiger partial charge >= 0.3 is 0 Å². The zero-order chi connectivity index (χ0) is 9.14. The first-order chi connectivity index (χ1) is 5.63. The SMILES string of the molecule is CCc1cc(Br)cn1CC(C)=O. The van der Waals surface area contributed by atoms with Crippen LogP contribution in [0.1, 0.15) is 19.5 Å². The Hall–Kier alpha value is -0.570. The van der Waals surface area contributed by atoms with Crippen molar-refractivity contribution in [3.63, 3.8) is 0 Å². The highest BCUT2D eigenvalue weighted by atomic mass is 79.9. The van der Waals surface area contributed by atoms with E-state index in [2.05, 4.69) is 22.9 Å². The number of ketones is 1. The van der Waals surface area contributed by atoms with Gasteiger partial charge in [0.15, 0.2) is 0 Å². The summed E-state index contributed by atoms with van der Waals surface area (Å²) in [7, 11) is 0. The first-order valence-corrected chi connectivity index (χ1v) is 4.76. The lowest BCUT2D eigenvalue weighted by Gasteiger charge is -2.03. The van der Waals surface area contributed by atoms with Crippen LogP contribution < -0.4 is 0 Å². The van der Waals surface area contributed by atoms with Gasteiger partial charge in [0, 0.05) is 16.4 Å². The molecule has 0 unspecified atom stereocenters. The number of halogens is 1. The summed E-state index contributed by atoms with van der Waals surface area (Å²) in [5.74, 6) is 0.188.